The Morgan fingerprint density at radius 1 is 2.00 bits per heavy atom. The Labute approximate surface area is 43.4 Å². The second-order valence-electron chi connectivity index (χ2n) is 1.19. The van der Waals surface area contributed by atoms with Gasteiger partial charge in [0, 0.05) is 0 Å². The molecule has 0 aromatic rings. The SMILES string of the molecule is C#C/C=N/C(C)N. The monoisotopic (exact) mass is 96.1 g/mol. The Kier molecular flexibility index (Phi) is 2.99. The molecule has 0 amide bonds. The molecular formula is C5H8N2. The van der Waals surface area contributed by atoms with Crippen molar-refractivity contribution < 1.29 is 0 Å². The van der Waals surface area contributed by atoms with Crippen LogP contribution in [0.15, 0.2) is 4.99 Å². The summed E-state index contributed by atoms with van der Waals surface area (Å²) in [6.45, 7) is 1.76. The zero-order valence-electron chi connectivity index (χ0n) is 4.26. The Balaban J connectivity index is 3.31. The summed E-state index contributed by atoms with van der Waals surface area (Å²) in [5, 5.41) is 0. The van der Waals surface area contributed by atoms with E-state index in [1.165, 1.54) is 6.21 Å². The normalized spacial score (nSPS) is 13.9. The molecule has 0 aliphatic rings. The molecule has 0 aromatic heterocycles. The molecule has 1 atom stereocenters. The summed E-state index contributed by atoms with van der Waals surface area (Å²) in [6.07, 6.45) is 6.00. The highest BCUT2D eigenvalue weighted by atomic mass is 14.9. The van der Waals surface area contributed by atoms with Crippen molar-refractivity contribution in [2.45, 2.75) is 13.1 Å². The van der Waals surface area contributed by atoms with E-state index in [1.807, 2.05) is 0 Å². The first-order valence-electron chi connectivity index (χ1n) is 2.00. The van der Waals surface area contributed by atoms with Crippen LogP contribution in [-0.2, 0) is 0 Å². The van der Waals surface area contributed by atoms with Crippen LogP contribution in [0.4, 0.5) is 0 Å². The van der Waals surface area contributed by atoms with E-state index in [1.54, 1.807) is 6.92 Å². The molecule has 0 rings (SSSR count). The maximum Gasteiger partial charge on any atom is 0.0948 e. The highest BCUT2D eigenvalue weighted by Crippen LogP contribution is 1.70. The Morgan fingerprint density at radius 3 is 2.71 bits per heavy atom. The lowest BCUT2D eigenvalue weighted by atomic mass is 10.6. The fourth-order valence-corrected chi connectivity index (χ4v) is 0.161. The summed E-state index contributed by atoms with van der Waals surface area (Å²) < 4.78 is 0. The molecule has 38 valence electrons. The molecule has 0 bridgehead atoms. The van der Waals surface area contributed by atoms with Crippen LogP contribution in [0.5, 0.6) is 0 Å². The third kappa shape index (κ3) is 5.19. The number of hydrogen-bond acceptors (Lipinski definition) is 2. The van der Waals surface area contributed by atoms with E-state index >= 15 is 0 Å². The van der Waals surface area contributed by atoms with Crippen LogP contribution < -0.4 is 5.73 Å². The van der Waals surface area contributed by atoms with E-state index in [-0.39, 0.29) is 6.17 Å². The van der Waals surface area contributed by atoms with Gasteiger partial charge in [-0.15, -0.1) is 6.42 Å². The van der Waals surface area contributed by atoms with Gasteiger partial charge < -0.3 is 5.73 Å². The predicted octanol–water partition coefficient (Wildman–Crippen LogP) is -0.00490. The minimum atomic E-state index is -0.170. The molecule has 0 spiro atoms. The maximum atomic E-state index is 5.18. The third-order valence-corrected chi connectivity index (χ3v) is 0.384. The Bertz CT molecular complexity index is 97.1. The van der Waals surface area contributed by atoms with Gasteiger partial charge in [-0.25, -0.2) is 0 Å². The molecule has 0 radical (unpaired) electrons. The van der Waals surface area contributed by atoms with Crippen molar-refractivity contribution in [3.05, 3.63) is 0 Å². The van der Waals surface area contributed by atoms with Crippen LogP contribution >= 0.6 is 0 Å². The van der Waals surface area contributed by atoms with Crippen LogP contribution in [0.25, 0.3) is 0 Å². The summed E-state index contributed by atoms with van der Waals surface area (Å²) in [7, 11) is 0. The second kappa shape index (κ2) is 3.38. The minimum absolute atomic E-state index is 0.170. The summed E-state index contributed by atoms with van der Waals surface area (Å²) in [6, 6.07) is 0. The number of nitrogens with zero attached hydrogens (tertiary/aromatic N) is 1. The summed E-state index contributed by atoms with van der Waals surface area (Å²) in [4.78, 5) is 3.66. The first kappa shape index (κ1) is 6.19. The Hall–Kier alpha value is -0.810. The van der Waals surface area contributed by atoms with Gasteiger partial charge in [0.05, 0.1) is 12.4 Å². The molecule has 0 heterocycles. The van der Waals surface area contributed by atoms with Gasteiger partial charge in [0.1, 0.15) is 0 Å². The van der Waals surface area contributed by atoms with Gasteiger partial charge in [0.15, 0.2) is 0 Å². The highest BCUT2D eigenvalue weighted by Gasteiger charge is 1.77. The summed E-state index contributed by atoms with van der Waals surface area (Å²) in [5.41, 5.74) is 5.18. The molecule has 0 saturated heterocycles. The highest BCUT2D eigenvalue weighted by molar-refractivity contribution is 5.77. The van der Waals surface area contributed by atoms with Crippen LogP contribution in [0, 0.1) is 12.3 Å². The molecule has 0 saturated carbocycles. The molecule has 0 aliphatic carbocycles. The molecule has 0 fully saturated rings. The lowest BCUT2D eigenvalue weighted by Crippen LogP contribution is -2.10. The van der Waals surface area contributed by atoms with Gasteiger partial charge in [-0.1, -0.05) is 5.92 Å². The molecule has 0 aliphatic heterocycles. The van der Waals surface area contributed by atoms with Gasteiger partial charge >= 0.3 is 0 Å². The average Bonchev–Trinajstić information content (AvgIpc) is 1.61. The lowest BCUT2D eigenvalue weighted by Gasteiger charge is -1.88. The molecule has 0 aromatic carbocycles. The van der Waals surface area contributed by atoms with Gasteiger partial charge in [-0.3, -0.25) is 4.99 Å². The fourth-order valence-electron chi connectivity index (χ4n) is 0.161. The molecule has 2 nitrogen and oxygen atoms in total. The molecular weight excluding hydrogens is 88.1 g/mol. The number of terminal acetylenes is 1. The van der Waals surface area contributed by atoms with Gasteiger partial charge in [0.25, 0.3) is 0 Å². The average molecular weight is 96.1 g/mol. The van der Waals surface area contributed by atoms with Crippen LogP contribution in [0.1, 0.15) is 6.92 Å². The zero-order chi connectivity index (χ0) is 5.70. The van der Waals surface area contributed by atoms with Crippen molar-refractivity contribution in [3.8, 4) is 12.3 Å². The van der Waals surface area contributed by atoms with E-state index in [9.17, 15) is 0 Å². The predicted molar refractivity (Wildman–Crippen MR) is 31.0 cm³/mol. The van der Waals surface area contributed by atoms with Crippen LogP contribution in [0.2, 0.25) is 0 Å². The Morgan fingerprint density at radius 2 is 2.57 bits per heavy atom. The van der Waals surface area contributed by atoms with E-state index in [0.29, 0.717) is 0 Å². The summed E-state index contributed by atoms with van der Waals surface area (Å²) in [5.74, 6) is 2.23. The fraction of sp³-hybridized carbons (Fsp3) is 0.400. The summed E-state index contributed by atoms with van der Waals surface area (Å²) >= 11 is 0. The van der Waals surface area contributed by atoms with Crippen LogP contribution in [0.3, 0.4) is 0 Å². The third-order valence-electron chi connectivity index (χ3n) is 0.384. The van der Waals surface area contributed by atoms with Gasteiger partial charge in [-0.2, -0.15) is 0 Å². The zero-order valence-corrected chi connectivity index (χ0v) is 4.26. The lowest BCUT2D eigenvalue weighted by molar-refractivity contribution is 0.798. The molecule has 7 heavy (non-hydrogen) atoms. The standard InChI is InChI=1S/C5H8N2/c1-3-4-7-5(2)6/h1,4-5H,6H2,2H3/b7-4+. The number of nitrogens with two attached hydrogens (primary N) is 1. The smallest absolute Gasteiger partial charge is 0.0948 e. The minimum Gasteiger partial charge on any atom is -0.310 e. The second-order valence-corrected chi connectivity index (χ2v) is 1.19. The molecule has 2 N–H and O–H groups in total. The van der Waals surface area contributed by atoms with Crippen molar-refractivity contribution in [1.29, 1.82) is 0 Å². The first-order chi connectivity index (χ1) is 3.27. The van der Waals surface area contributed by atoms with E-state index in [0.717, 1.165) is 0 Å². The van der Waals surface area contributed by atoms with Crippen molar-refractivity contribution in [3.63, 3.8) is 0 Å². The van der Waals surface area contributed by atoms with Crippen molar-refractivity contribution in [1.82, 2.24) is 0 Å². The number of rotatable bonds is 1. The van der Waals surface area contributed by atoms with Gasteiger partial charge in [0.2, 0.25) is 0 Å². The van der Waals surface area contributed by atoms with Crippen molar-refractivity contribution >= 4 is 6.21 Å². The molecule has 2 heteroatoms. The van der Waals surface area contributed by atoms with E-state index in [2.05, 4.69) is 10.9 Å². The van der Waals surface area contributed by atoms with E-state index < -0.39 is 0 Å². The van der Waals surface area contributed by atoms with Crippen LogP contribution in [-0.4, -0.2) is 12.4 Å². The number of hydrogen-bond donors (Lipinski definition) is 1. The first-order valence-corrected chi connectivity index (χ1v) is 2.00. The maximum absolute atomic E-state index is 5.18. The van der Waals surface area contributed by atoms with Crippen molar-refractivity contribution in [2.75, 3.05) is 0 Å². The quantitative estimate of drug-likeness (QED) is 0.362. The number of aliphatic imine (C=N–C) groups is 1. The van der Waals surface area contributed by atoms with Gasteiger partial charge in [-0.05, 0) is 6.92 Å². The van der Waals surface area contributed by atoms with Crippen molar-refractivity contribution in [2.24, 2.45) is 10.7 Å². The topological polar surface area (TPSA) is 38.4 Å². The largest absolute Gasteiger partial charge is 0.310 e. The van der Waals surface area contributed by atoms with E-state index in [4.69, 9.17) is 12.2 Å². The molecule has 1 unspecified atom stereocenters.